The van der Waals surface area contributed by atoms with Gasteiger partial charge in [0.15, 0.2) is 0 Å². The topological polar surface area (TPSA) is 84.1 Å². The molecule has 3 aromatic rings. The number of hydrogen-bond donors (Lipinski definition) is 2. The number of alkyl carbamates (subject to hydrolysis) is 1. The van der Waals surface area contributed by atoms with Gasteiger partial charge in [0, 0.05) is 16.5 Å². The summed E-state index contributed by atoms with van der Waals surface area (Å²) in [6.45, 7) is 7.52. The highest BCUT2D eigenvalue weighted by Gasteiger charge is 2.18. The van der Waals surface area contributed by atoms with Gasteiger partial charge in [0.25, 0.3) is 5.56 Å². The average molecular weight is 365 g/mol. The Balaban J connectivity index is 1.83. The minimum atomic E-state index is -0.452. The largest absolute Gasteiger partial charge is 0.442 e. The lowest BCUT2D eigenvalue weighted by molar-refractivity contribution is 0.100. The molecule has 1 heterocycles. The lowest BCUT2D eigenvalue weighted by Gasteiger charge is -2.22. The van der Waals surface area contributed by atoms with Crippen LogP contribution in [-0.4, -0.2) is 21.8 Å². The van der Waals surface area contributed by atoms with Gasteiger partial charge in [-0.3, -0.25) is 4.79 Å². The highest BCUT2D eigenvalue weighted by Crippen LogP contribution is 2.26. The third kappa shape index (κ3) is 4.34. The third-order valence-corrected chi connectivity index (χ3v) is 4.11. The van der Waals surface area contributed by atoms with Crippen molar-refractivity contribution in [3.63, 3.8) is 0 Å². The molecule has 0 saturated carbocycles. The average Bonchev–Trinajstić information content (AvgIpc) is 2.61. The summed E-state index contributed by atoms with van der Waals surface area (Å²) in [5, 5.41) is 10.9. The number of aromatic nitrogens is 2. The number of aromatic amines is 1. The monoisotopic (exact) mass is 365 g/mol. The number of amides is 1. The van der Waals surface area contributed by atoms with Crippen LogP contribution < -0.4 is 10.9 Å². The van der Waals surface area contributed by atoms with E-state index in [1.165, 1.54) is 0 Å². The van der Waals surface area contributed by atoms with Gasteiger partial charge in [-0.15, -0.1) is 0 Å². The van der Waals surface area contributed by atoms with Crippen LogP contribution in [0.25, 0.3) is 22.0 Å². The molecule has 0 spiro atoms. The lowest BCUT2D eigenvalue weighted by atomic mass is 10.0. The van der Waals surface area contributed by atoms with Crippen LogP contribution in [0.4, 0.5) is 4.79 Å². The van der Waals surface area contributed by atoms with Crippen LogP contribution in [0, 0.1) is 0 Å². The minimum absolute atomic E-state index is 0.210. The second kappa shape index (κ2) is 7.23. The highest BCUT2D eigenvalue weighted by molar-refractivity contribution is 5.93. The first kappa shape index (κ1) is 18.6. The zero-order valence-electron chi connectivity index (χ0n) is 15.9. The SMILES string of the molecule is C[C@@H](OC(=O)NC(C)(C)C)c1ccc(-c2n[nH]c(=O)c3ccccc23)cc1. The van der Waals surface area contributed by atoms with Gasteiger partial charge in [0.1, 0.15) is 6.10 Å². The number of rotatable bonds is 3. The Morgan fingerprint density at radius 3 is 2.33 bits per heavy atom. The Labute approximate surface area is 157 Å². The Morgan fingerprint density at radius 1 is 1.07 bits per heavy atom. The summed E-state index contributed by atoms with van der Waals surface area (Å²) >= 11 is 0. The number of ether oxygens (including phenoxy) is 1. The summed E-state index contributed by atoms with van der Waals surface area (Å²) in [7, 11) is 0. The Kier molecular flexibility index (Phi) is 4.99. The van der Waals surface area contributed by atoms with E-state index in [-0.39, 0.29) is 17.2 Å². The van der Waals surface area contributed by atoms with Crippen molar-refractivity contribution < 1.29 is 9.53 Å². The zero-order chi connectivity index (χ0) is 19.6. The summed E-state index contributed by atoms with van der Waals surface area (Å²) in [6, 6.07) is 15.0. The molecule has 1 amide bonds. The Hall–Kier alpha value is -3.15. The van der Waals surface area contributed by atoms with E-state index in [4.69, 9.17) is 4.74 Å². The summed E-state index contributed by atoms with van der Waals surface area (Å²) in [5.74, 6) is 0. The van der Waals surface area contributed by atoms with E-state index in [0.717, 1.165) is 16.5 Å². The number of H-pyrrole nitrogens is 1. The molecule has 3 rings (SSSR count). The van der Waals surface area contributed by atoms with E-state index in [2.05, 4.69) is 15.5 Å². The Morgan fingerprint density at radius 2 is 1.70 bits per heavy atom. The first-order valence-electron chi connectivity index (χ1n) is 8.81. The third-order valence-electron chi connectivity index (χ3n) is 4.11. The molecule has 0 aliphatic heterocycles. The van der Waals surface area contributed by atoms with Crippen molar-refractivity contribution in [1.82, 2.24) is 15.5 Å². The minimum Gasteiger partial charge on any atom is -0.442 e. The quantitative estimate of drug-likeness (QED) is 0.729. The van der Waals surface area contributed by atoms with Crippen molar-refractivity contribution in [2.75, 3.05) is 0 Å². The molecular weight excluding hydrogens is 342 g/mol. The van der Waals surface area contributed by atoms with E-state index in [0.29, 0.717) is 11.1 Å². The second-order valence-electron chi connectivity index (χ2n) is 7.49. The van der Waals surface area contributed by atoms with Gasteiger partial charge >= 0.3 is 6.09 Å². The summed E-state index contributed by atoms with van der Waals surface area (Å²) in [5.41, 5.74) is 1.89. The molecule has 27 heavy (non-hydrogen) atoms. The van der Waals surface area contributed by atoms with Crippen LogP contribution in [0.3, 0.4) is 0 Å². The van der Waals surface area contributed by atoms with Crippen molar-refractivity contribution in [1.29, 1.82) is 0 Å². The molecule has 6 nitrogen and oxygen atoms in total. The predicted octanol–water partition coefficient (Wildman–Crippen LogP) is 4.18. The van der Waals surface area contributed by atoms with E-state index < -0.39 is 6.09 Å². The molecule has 1 atom stereocenters. The highest BCUT2D eigenvalue weighted by atomic mass is 16.6. The number of fused-ring (bicyclic) bond motifs is 1. The summed E-state index contributed by atoms with van der Waals surface area (Å²) < 4.78 is 5.43. The second-order valence-corrected chi connectivity index (χ2v) is 7.49. The lowest BCUT2D eigenvalue weighted by Crippen LogP contribution is -2.41. The molecule has 1 aromatic heterocycles. The number of nitrogens with zero attached hydrogens (tertiary/aromatic N) is 1. The van der Waals surface area contributed by atoms with E-state index in [1.54, 1.807) is 6.07 Å². The van der Waals surface area contributed by atoms with Gasteiger partial charge in [-0.1, -0.05) is 42.5 Å². The van der Waals surface area contributed by atoms with Crippen molar-refractivity contribution >= 4 is 16.9 Å². The van der Waals surface area contributed by atoms with Crippen LogP contribution in [0.15, 0.2) is 53.3 Å². The maximum Gasteiger partial charge on any atom is 0.408 e. The predicted molar refractivity (Wildman–Crippen MR) is 106 cm³/mol. The molecule has 0 radical (unpaired) electrons. The smallest absolute Gasteiger partial charge is 0.408 e. The number of carbonyl (C=O) groups is 1. The standard InChI is InChI=1S/C21H23N3O3/c1-13(27-20(26)22-21(2,3)4)14-9-11-15(12-10-14)18-16-7-5-6-8-17(16)19(25)24-23-18/h5-13H,1-4H3,(H,22,26)(H,24,25)/t13-/m1/s1. The number of benzene rings is 2. The number of nitrogens with one attached hydrogen (secondary N) is 2. The normalized spacial score (nSPS) is 12.6. The van der Waals surface area contributed by atoms with E-state index in [9.17, 15) is 9.59 Å². The first-order chi connectivity index (χ1) is 12.7. The maximum absolute atomic E-state index is 11.9. The van der Waals surface area contributed by atoms with Crippen LogP contribution in [-0.2, 0) is 4.74 Å². The van der Waals surface area contributed by atoms with Gasteiger partial charge < -0.3 is 10.1 Å². The maximum atomic E-state index is 11.9. The van der Waals surface area contributed by atoms with Crippen molar-refractivity contribution in [2.45, 2.75) is 39.3 Å². The van der Waals surface area contributed by atoms with Crippen LogP contribution in [0.5, 0.6) is 0 Å². The van der Waals surface area contributed by atoms with Crippen molar-refractivity contribution in [3.05, 3.63) is 64.4 Å². The van der Waals surface area contributed by atoms with Crippen LogP contribution in [0.1, 0.15) is 39.4 Å². The van der Waals surface area contributed by atoms with Crippen molar-refractivity contribution in [3.8, 4) is 11.3 Å². The number of hydrogen-bond acceptors (Lipinski definition) is 4. The van der Waals surface area contributed by atoms with Gasteiger partial charge in [-0.25, -0.2) is 9.89 Å². The van der Waals surface area contributed by atoms with E-state index in [1.807, 2.05) is 70.2 Å². The van der Waals surface area contributed by atoms with Gasteiger partial charge in [0.05, 0.1) is 11.1 Å². The summed E-state index contributed by atoms with van der Waals surface area (Å²) in [4.78, 5) is 23.9. The molecule has 0 bridgehead atoms. The zero-order valence-corrected chi connectivity index (χ0v) is 15.9. The molecule has 0 aliphatic carbocycles. The molecular formula is C21H23N3O3. The first-order valence-corrected chi connectivity index (χ1v) is 8.81. The van der Waals surface area contributed by atoms with E-state index >= 15 is 0 Å². The fourth-order valence-electron chi connectivity index (χ4n) is 2.81. The molecule has 0 aliphatic rings. The van der Waals surface area contributed by atoms with Crippen LogP contribution >= 0.6 is 0 Å². The Bertz CT molecular complexity index is 1020. The molecule has 2 aromatic carbocycles. The fourth-order valence-corrected chi connectivity index (χ4v) is 2.81. The molecule has 2 N–H and O–H groups in total. The number of carbonyl (C=O) groups excluding carboxylic acids is 1. The summed E-state index contributed by atoms with van der Waals surface area (Å²) in [6.07, 6.45) is -0.839. The van der Waals surface area contributed by atoms with Gasteiger partial charge in [0.2, 0.25) is 0 Å². The van der Waals surface area contributed by atoms with Gasteiger partial charge in [-0.05, 0) is 39.3 Å². The van der Waals surface area contributed by atoms with Crippen molar-refractivity contribution in [2.24, 2.45) is 0 Å². The molecule has 0 fully saturated rings. The van der Waals surface area contributed by atoms with Gasteiger partial charge in [-0.2, -0.15) is 5.10 Å². The molecule has 140 valence electrons. The fraction of sp³-hybridized carbons (Fsp3) is 0.286. The molecule has 0 unspecified atom stereocenters. The van der Waals surface area contributed by atoms with Crippen LogP contribution in [0.2, 0.25) is 0 Å². The molecule has 0 saturated heterocycles. The molecule has 6 heteroatoms.